The van der Waals surface area contributed by atoms with Crippen LogP contribution in [0.3, 0.4) is 0 Å². The van der Waals surface area contributed by atoms with Gasteiger partial charge in [-0.3, -0.25) is 0 Å². The van der Waals surface area contributed by atoms with Crippen molar-refractivity contribution in [1.82, 2.24) is 0 Å². The third-order valence-corrected chi connectivity index (χ3v) is 4.52. The van der Waals surface area contributed by atoms with E-state index in [0.717, 1.165) is 28.2 Å². The maximum Gasteiger partial charge on any atom is 0.0852 e. The predicted molar refractivity (Wildman–Crippen MR) is 80.8 cm³/mol. The number of hydrogen-bond donors (Lipinski definition) is 0. The molecule has 0 heterocycles. The lowest BCUT2D eigenvalue weighted by Gasteiger charge is -2.08. The van der Waals surface area contributed by atoms with Crippen molar-refractivity contribution in [1.29, 1.82) is 0 Å². The first-order chi connectivity index (χ1) is 9.22. The van der Waals surface area contributed by atoms with E-state index in [9.17, 15) is 4.21 Å². The summed E-state index contributed by atoms with van der Waals surface area (Å²) in [6, 6.07) is 15.8. The number of allylic oxidation sites excluding steroid dienone is 1. The lowest BCUT2D eigenvalue weighted by atomic mass is 10.1. The van der Waals surface area contributed by atoms with E-state index in [1.807, 2.05) is 61.5 Å². The molecule has 0 radical (unpaired) electrons. The maximum atomic E-state index is 12.6. The van der Waals surface area contributed by atoms with Crippen LogP contribution in [0.5, 0.6) is 0 Å². The van der Waals surface area contributed by atoms with Gasteiger partial charge in [-0.2, -0.15) is 0 Å². The van der Waals surface area contributed by atoms with E-state index in [4.69, 9.17) is 0 Å². The first kappa shape index (κ1) is 13.8. The Balaban J connectivity index is 2.32. The Labute approximate surface area is 117 Å². The molecule has 98 valence electrons. The summed E-state index contributed by atoms with van der Waals surface area (Å²) in [5.41, 5.74) is 2.32. The molecule has 0 aromatic heterocycles. The van der Waals surface area contributed by atoms with Crippen molar-refractivity contribution >= 4 is 10.8 Å². The fraction of sp³-hybridized carbons (Fsp3) is 0.176. The van der Waals surface area contributed by atoms with Crippen molar-refractivity contribution in [2.75, 3.05) is 0 Å². The Morgan fingerprint density at radius 1 is 1.11 bits per heavy atom. The Bertz CT molecular complexity index is 584. The molecule has 0 N–H and O–H groups in total. The van der Waals surface area contributed by atoms with Crippen molar-refractivity contribution < 1.29 is 4.21 Å². The quantitative estimate of drug-likeness (QED) is 0.741. The lowest BCUT2D eigenvalue weighted by molar-refractivity contribution is 0.682. The summed E-state index contributed by atoms with van der Waals surface area (Å²) in [5.74, 6) is 0. The lowest BCUT2D eigenvalue weighted by Crippen LogP contribution is -1.98. The smallest absolute Gasteiger partial charge is 0.0852 e. The maximum absolute atomic E-state index is 12.6. The van der Waals surface area contributed by atoms with Crippen LogP contribution in [-0.2, 0) is 17.2 Å². The average molecular weight is 270 g/mol. The predicted octanol–water partition coefficient (Wildman–Crippen LogP) is 4.28. The SMILES string of the molecule is C=CCCc1ccccc1[S@@](=O)c1ccc(C)cc1. The molecular weight excluding hydrogens is 252 g/mol. The minimum Gasteiger partial charge on any atom is -0.249 e. The normalized spacial score (nSPS) is 12.1. The van der Waals surface area contributed by atoms with E-state index in [-0.39, 0.29) is 0 Å². The van der Waals surface area contributed by atoms with Crippen LogP contribution in [0.4, 0.5) is 0 Å². The van der Waals surface area contributed by atoms with Gasteiger partial charge >= 0.3 is 0 Å². The summed E-state index contributed by atoms with van der Waals surface area (Å²) in [6.45, 7) is 5.77. The van der Waals surface area contributed by atoms with Crippen LogP contribution in [-0.4, -0.2) is 4.21 Å². The Morgan fingerprint density at radius 3 is 2.47 bits per heavy atom. The zero-order chi connectivity index (χ0) is 13.7. The molecule has 0 aliphatic rings. The van der Waals surface area contributed by atoms with Gasteiger partial charge in [0.05, 0.1) is 10.8 Å². The molecule has 1 nitrogen and oxygen atoms in total. The summed E-state index contributed by atoms with van der Waals surface area (Å²) in [5, 5.41) is 0. The standard InChI is InChI=1S/C17H18OS/c1-3-4-7-15-8-5-6-9-17(15)19(18)16-12-10-14(2)11-13-16/h3,5-6,8-13H,1,4,7H2,2H3/t19-/m0/s1. The second-order valence-corrected chi connectivity index (χ2v) is 5.97. The molecule has 0 fully saturated rings. The van der Waals surface area contributed by atoms with Gasteiger partial charge in [0.15, 0.2) is 0 Å². The molecule has 0 amide bonds. The molecular formula is C17H18OS. The highest BCUT2D eigenvalue weighted by Crippen LogP contribution is 2.21. The van der Waals surface area contributed by atoms with Gasteiger partial charge in [-0.25, -0.2) is 4.21 Å². The number of hydrogen-bond acceptors (Lipinski definition) is 1. The van der Waals surface area contributed by atoms with Crippen LogP contribution >= 0.6 is 0 Å². The second-order valence-electron chi connectivity index (χ2n) is 4.52. The summed E-state index contributed by atoms with van der Waals surface area (Å²) in [6.07, 6.45) is 3.69. The van der Waals surface area contributed by atoms with Gasteiger partial charge in [-0.15, -0.1) is 6.58 Å². The molecule has 1 atom stereocenters. The zero-order valence-electron chi connectivity index (χ0n) is 11.1. The molecule has 0 saturated carbocycles. The largest absolute Gasteiger partial charge is 0.249 e. The van der Waals surface area contributed by atoms with E-state index in [1.165, 1.54) is 5.56 Å². The minimum atomic E-state index is -1.10. The minimum absolute atomic E-state index is 0.858. The number of benzene rings is 2. The van der Waals surface area contributed by atoms with Crippen molar-refractivity contribution in [2.45, 2.75) is 29.6 Å². The van der Waals surface area contributed by atoms with Crippen LogP contribution in [0.1, 0.15) is 17.5 Å². The summed E-state index contributed by atoms with van der Waals surface area (Å²) in [4.78, 5) is 1.77. The molecule has 0 unspecified atom stereocenters. The van der Waals surface area contributed by atoms with E-state index in [1.54, 1.807) is 0 Å². The Kier molecular flexibility index (Phi) is 4.69. The van der Waals surface area contributed by atoms with Gasteiger partial charge in [-0.1, -0.05) is 42.0 Å². The summed E-state index contributed by atoms with van der Waals surface area (Å²) in [7, 11) is -1.10. The molecule has 0 saturated heterocycles. The van der Waals surface area contributed by atoms with Crippen molar-refractivity contribution in [3.8, 4) is 0 Å². The molecule has 2 rings (SSSR count). The van der Waals surface area contributed by atoms with Crippen LogP contribution in [0.2, 0.25) is 0 Å². The monoisotopic (exact) mass is 270 g/mol. The van der Waals surface area contributed by atoms with Gasteiger partial charge in [0.1, 0.15) is 0 Å². The highest BCUT2D eigenvalue weighted by Gasteiger charge is 2.10. The highest BCUT2D eigenvalue weighted by molar-refractivity contribution is 7.85. The third kappa shape index (κ3) is 3.42. The van der Waals surface area contributed by atoms with Crippen molar-refractivity contribution in [3.63, 3.8) is 0 Å². The summed E-state index contributed by atoms with van der Waals surface area (Å²) < 4.78 is 12.6. The molecule has 19 heavy (non-hydrogen) atoms. The van der Waals surface area contributed by atoms with Crippen LogP contribution in [0.25, 0.3) is 0 Å². The second kappa shape index (κ2) is 6.48. The van der Waals surface area contributed by atoms with E-state index in [2.05, 4.69) is 6.58 Å². The number of rotatable bonds is 5. The van der Waals surface area contributed by atoms with Gasteiger partial charge in [0.25, 0.3) is 0 Å². The van der Waals surface area contributed by atoms with E-state index >= 15 is 0 Å². The first-order valence-electron chi connectivity index (χ1n) is 6.39. The van der Waals surface area contributed by atoms with Crippen LogP contribution < -0.4 is 0 Å². The zero-order valence-corrected chi connectivity index (χ0v) is 12.0. The molecule has 2 aromatic rings. The highest BCUT2D eigenvalue weighted by atomic mass is 32.2. The van der Waals surface area contributed by atoms with E-state index < -0.39 is 10.8 Å². The summed E-state index contributed by atoms with van der Waals surface area (Å²) >= 11 is 0. The van der Waals surface area contributed by atoms with Crippen LogP contribution in [0, 0.1) is 6.92 Å². The van der Waals surface area contributed by atoms with E-state index in [0.29, 0.717) is 0 Å². The third-order valence-electron chi connectivity index (χ3n) is 3.03. The van der Waals surface area contributed by atoms with Crippen molar-refractivity contribution in [2.24, 2.45) is 0 Å². The molecule has 0 aliphatic heterocycles. The van der Waals surface area contributed by atoms with Gasteiger partial charge < -0.3 is 0 Å². The average Bonchev–Trinajstić information content (AvgIpc) is 2.45. The Hall–Kier alpha value is -1.67. The topological polar surface area (TPSA) is 17.1 Å². The fourth-order valence-electron chi connectivity index (χ4n) is 1.94. The molecule has 0 aliphatic carbocycles. The molecule has 2 aromatic carbocycles. The first-order valence-corrected chi connectivity index (χ1v) is 7.54. The molecule has 0 spiro atoms. The van der Waals surface area contributed by atoms with Crippen molar-refractivity contribution in [3.05, 3.63) is 72.3 Å². The van der Waals surface area contributed by atoms with Crippen LogP contribution in [0.15, 0.2) is 71.0 Å². The Morgan fingerprint density at radius 2 is 1.79 bits per heavy atom. The molecule has 0 bridgehead atoms. The molecule has 2 heteroatoms. The van der Waals surface area contributed by atoms with Gasteiger partial charge in [0, 0.05) is 9.79 Å². The van der Waals surface area contributed by atoms with Gasteiger partial charge in [0.2, 0.25) is 0 Å². The van der Waals surface area contributed by atoms with Gasteiger partial charge in [-0.05, 0) is 43.5 Å². The number of aryl methyl sites for hydroxylation is 2. The fourth-order valence-corrected chi connectivity index (χ4v) is 3.19.